The first kappa shape index (κ1) is 25.3. The molecule has 1 atom stereocenters. The molecule has 3 rings (SSSR count). The van der Waals surface area contributed by atoms with Crippen molar-refractivity contribution in [2.45, 2.75) is 26.1 Å². The lowest BCUT2D eigenvalue weighted by atomic mass is 10.1. The number of carbonyl (C=O) groups excluding carboxylic acids is 2. The highest BCUT2D eigenvalue weighted by atomic mass is 19.4. The van der Waals surface area contributed by atoms with Gasteiger partial charge in [-0.05, 0) is 48.4 Å². The molecule has 0 aliphatic carbocycles. The minimum absolute atomic E-state index is 0.0241. The molecule has 0 unspecified atom stereocenters. The minimum atomic E-state index is -4.53. The molecule has 1 heterocycles. The molecule has 9 nitrogen and oxygen atoms in total. The molecule has 184 valence electrons. The largest absolute Gasteiger partial charge is 0.480 e. The molecule has 2 aromatic carbocycles. The number of carboxylic acid groups (broad SMARTS) is 1. The summed E-state index contributed by atoms with van der Waals surface area (Å²) in [5, 5.41) is 16.4. The van der Waals surface area contributed by atoms with Crippen LogP contribution in [0.25, 0.3) is 11.3 Å². The van der Waals surface area contributed by atoms with Crippen molar-refractivity contribution in [1.82, 2.24) is 10.3 Å². The topological polar surface area (TPSA) is 134 Å². The summed E-state index contributed by atoms with van der Waals surface area (Å²) in [4.78, 5) is 39.5. The van der Waals surface area contributed by atoms with Gasteiger partial charge in [0.25, 0.3) is 5.89 Å². The van der Waals surface area contributed by atoms with Crippen LogP contribution >= 0.6 is 0 Å². The first-order valence-electron chi connectivity index (χ1n) is 10.3. The lowest BCUT2D eigenvalue weighted by Crippen LogP contribution is -2.44. The van der Waals surface area contributed by atoms with Gasteiger partial charge in [0, 0.05) is 16.9 Å². The molecule has 4 N–H and O–H groups in total. The molecular formula is C23H21F3N4O5. The number of benzene rings is 2. The van der Waals surface area contributed by atoms with E-state index >= 15 is 0 Å². The number of oxazole rings is 1. The van der Waals surface area contributed by atoms with Crippen LogP contribution in [0.2, 0.25) is 0 Å². The second-order valence-electron chi connectivity index (χ2n) is 7.80. The molecular weight excluding hydrogens is 469 g/mol. The number of aromatic nitrogens is 1. The van der Waals surface area contributed by atoms with Gasteiger partial charge in [-0.15, -0.1) is 0 Å². The predicted octanol–water partition coefficient (Wildman–Crippen LogP) is 4.84. The van der Waals surface area contributed by atoms with Crippen LogP contribution in [0.15, 0.2) is 59.1 Å². The number of nitrogens with one attached hydrogen (secondary N) is 3. The van der Waals surface area contributed by atoms with Crippen LogP contribution in [0.4, 0.5) is 29.3 Å². The quantitative estimate of drug-likeness (QED) is 0.374. The van der Waals surface area contributed by atoms with Gasteiger partial charge >= 0.3 is 24.1 Å². The van der Waals surface area contributed by atoms with Gasteiger partial charge in [0.05, 0.1) is 11.8 Å². The van der Waals surface area contributed by atoms with Gasteiger partial charge in [0.2, 0.25) is 0 Å². The van der Waals surface area contributed by atoms with Gasteiger partial charge in [-0.2, -0.15) is 13.2 Å². The second kappa shape index (κ2) is 10.3. The van der Waals surface area contributed by atoms with Crippen LogP contribution in [0.3, 0.4) is 0 Å². The van der Waals surface area contributed by atoms with Crippen LogP contribution < -0.4 is 16.0 Å². The van der Waals surface area contributed by atoms with E-state index < -0.39 is 35.7 Å². The summed E-state index contributed by atoms with van der Waals surface area (Å²) in [6.45, 7) is 3.30. The zero-order valence-corrected chi connectivity index (χ0v) is 18.5. The molecule has 0 saturated carbocycles. The fraction of sp³-hybridized carbons (Fsp3) is 0.217. The number of carbonyl (C=O) groups is 3. The SMILES string of the molecule is CC(C)[C@H](NC(=O)c1ncc(-c2ccc(NC(=O)Nc3cccc(C(F)(F)F)c3)cc2)o1)C(=O)O. The zero-order valence-electron chi connectivity index (χ0n) is 18.5. The maximum absolute atomic E-state index is 12.8. The predicted molar refractivity (Wildman–Crippen MR) is 120 cm³/mol. The van der Waals surface area contributed by atoms with Gasteiger partial charge in [-0.3, -0.25) is 4.79 Å². The second-order valence-corrected chi connectivity index (χ2v) is 7.80. The van der Waals surface area contributed by atoms with Gasteiger partial charge in [-0.25, -0.2) is 14.6 Å². The maximum Gasteiger partial charge on any atom is 0.416 e. The normalized spacial score (nSPS) is 12.2. The molecule has 0 aliphatic rings. The smallest absolute Gasteiger partial charge is 0.416 e. The Hall–Kier alpha value is -4.35. The van der Waals surface area contributed by atoms with Gasteiger partial charge in [-0.1, -0.05) is 19.9 Å². The molecule has 0 fully saturated rings. The number of halogens is 3. The lowest BCUT2D eigenvalue weighted by Gasteiger charge is -2.16. The maximum atomic E-state index is 12.8. The fourth-order valence-corrected chi connectivity index (χ4v) is 3.01. The molecule has 0 spiro atoms. The third-order valence-corrected chi connectivity index (χ3v) is 4.79. The summed E-state index contributed by atoms with van der Waals surface area (Å²) >= 11 is 0. The number of urea groups is 1. The van der Waals surface area contributed by atoms with Crippen molar-refractivity contribution in [3.8, 4) is 11.3 Å². The van der Waals surface area contributed by atoms with Crippen molar-refractivity contribution in [2.24, 2.45) is 5.92 Å². The highest BCUT2D eigenvalue weighted by Gasteiger charge is 2.30. The number of hydrogen-bond acceptors (Lipinski definition) is 5. The Kier molecular flexibility index (Phi) is 7.43. The van der Waals surface area contributed by atoms with Crippen molar-refractivity contribution in [3.05, 3.63) is 66.2 Å². The van der Waals surface area contributed by atoms with E-state index in [-0.39, 0.29) is 23.3 Å². The molecule has 3 aromatic rings. The van der Waals surface area contributed by atoms with E-state index in [1.165, 1.54) is 30.5 Å². The molecule has 0 radical (unpaired) electrons. The number of hydrogen-bond donors (Lipinski definition) is 4. The van der Waals surface area contributed by atoms with E-state index in [2.05, 4.69) is 20.9 Å². The summed E-state index contributed by atoms with van der Waals surface area (Å²) < 4.78 is 43.8. The average molecular weight is 490 g/mol. The van der Waals surface area contributed by atoms with Crippen LogP contribution in [-0.2, 0) is 11.0 Å². The first-order chi connectivity index (χ1) is 16.4. The van der Waals surface area contributed by atoms with Crippen molar-refractivity contribution in [1.29, 1.82) is 0 Å². The number of nitrogens with zero attached hydrogens (tertiary/aromatic N) is 1. The number of alkyl halides is 3. The average Bonchev–Trinajstić information content (AvgIpc) is 3.27. The molecule has 3 amide bonds. The van der Waals surface area contributed by atoms with Crippen LogP contribution in [0.1, 0.15) is 30.1 Å². The highest BCUT2D eigenvalue weighted by molar-refractivity contribution is 6.00. The lowest BCUT2D eigenvalue weighted by molar-refractivity contribution is -0.140. The van der Waals surface area contributed by atoms with Crippen LogP contribution in [0.5, 0.6) is 0 Å². The molecule has 0 aliphatic heterocycles. The van der Waals surface area contributed by atoms with E-state index in [4.69, 9.17) is 4.42 Å². The molecule has 0 saturated heterocycles. The van der Waals surface area contributed by atoms with Gasteiger partial charge in [0.15, 0.2) is 5.76 Å². The Morgan fingerprint density at radius 1 is 1.00 bits per heavy atom. The number of amides is 3. The molecule has 12 heteroatoms. The Bertz CT molecular complexity index is 1220. The van der Waals surface area contributed by atoms with Crippen molar-refractivity contribution < 1.29 is 37.1 Å². The van der Waals surface area contributed by atoms with E-state index in [0.29, 0.717) is 11.3 Å². The number of rotatable bonds is 7. The summed E-state index contributed by atoms with van der Waals surface area (Å²) in [6, 6.07) is 8.55. The van der Waals surface area contributed by atoms with Crippen molar-refractivity contribution in [2.75, 3.05) is 10.6 Å². The third kappa shape index (κ3) is 6.59. The van der Waals surface area contributed by atoms with E-state index in [1.54, 1.807) is 26.0 Å². The standard InChI is InChI=1S/C23H21F3N4O5/c1-12(2)18(21(32)33)30-19(31)20-27-11-17(35-20)13-6-8-15(9-7-13)28-22(34)29-16-5-3-4-14(10-16)23(24,25)26/h3-12,18H,1-2H3,(H,30,31)(H,32,33)(H2,28,29,34)/t18-/m0/s1. The minimum Gasteiger partial charge on any atom is -0.480 e. The highest BCUT2D eigenvalue weighted by Crippen LogP contribution is 2.30. The van der Waals surface area contributed by atoms with Crippen molar-refractivity contribution in [3.63, 3.8) is 0 Å². The molecule has 1 aromatic heterocycles. The summed E-state index contributed by atoms with van der Waals surface area (Å²) in [7, 11) is 0. The van der Waals surface area contributed by atoms with Crippen LogP contribution in [-0.4, -0.2) is 34.0 Å². The summed E-state index contributed by atoms with van der Waals surface area (Å²) in [6.07, 6.45) is -3.24. The molecule has 0 bridgehead atoms. The van der Waals surface area contributed by atoms with Crippen molar-refractivity contribution >= 4 is 29.3 Å². The monoisotopic (exact) mass is 490 g/mol. The fourth-order valence-electron chi connectivity index (χ4n) is 3.01. The number of anilines is 2. The van der Waals surface area contributed by atoms with E-state index in [9.17, 15) is 32.7 Å². The van der Waals surface area contributed by atoms with E-state index in [0.717, 1.165) is 12.1 Å². The summed E-state index contributed by atoms with van der Waals surface area (Å²) in [5.74, 6) is -2.39. The Morgan fingerprint density at radius 2 is 1.66 bits per heavy atom. The summed E-state index contributed by atoms with van der Waals surface area (Å²) in [5.41, 5.74) is -0.0533. The Balaban J connectivity index is 1.62. The molecule has 35 heavy (non-hydrogen) atoms. The van der Waals surface area contributed by atoms with E-state index in [1.807, 2.05) is 0 Å². The first-order valence-corrected chi connectivity index (χ1v) is 10.3. The van der Waals surface area contributed by atoms with Gasteiger partial charge in [0.1, 0.15) is 6.04 Å². The number of aliphatic carboxylic acids is 1. The van der Waals surface area contributed by atoms with Gasteiger partial charge < -0.3 is 25.5 Å². The number of carboxylic acids is 1. The van der Waals surface area contributed by atoms with Crippen LogP contribution in [0, 0.1) is 5.92 Å². The Morgan fingerprint density at radius 3 is 2.26 bits per heavy atom. The zero-order chi connectivity index (χ0) is 25.8. The third-order valence-electron chi connectivity index (χ3n) is 4.79. The Labute approximate surface area is 197 Å².